The van der Waals surface area contributed by atoms with E-state index in [1.807, 2.05) is 6.92 Å². The molecule has 1 aromatic rings. The second-order valence-electron chi connectivity index (χ2n) is 3.43. The van der Waals surface area contributed by atoms with Gasteiger partial charge in [-0.2, -0.15) is 0 Å². The first-order chi connectivity index (χ1) is 7.19. The van der Waals surface area contributed by atoms with E-state index >= 15 is 0 Å². The highest BCUT2D eigenvalue weighted by atomic mass is 16.3. The predicted molar refractivity (Wildman–Crippen MR) is 56.6 cm³/mol. The van der Waals surface area contributed by atoms with Crippen molar-refractivity contribution in [1.82, 2.24) is 0 Å². The zero-order valence-electron chi connectivity index (χ0n) is 8.82. The summed E-state index contributed by atoms with van der Waals surface area (Å²) >= 11 is 0. The average molecular weight is 207 g/mol. The van der Waals surface area contributed by atoms with Crippen molar-refractivity contribution in [2.45, 2.75) is 26.2 Å². The number of aliphatic hydroxyl groups is 1. The van der Waals surface area contributed by atoms with E-state index in [4.69, 9.17) is 5.11 Å². The van der Waals surface area contributed by atoms with Gasteiger partial charge in [-0.15, -0.1) is 0 Å². The van der Waals surface area contributed by atoms with Gasteiger partial charge in [-0.05, 0) is 36.6 Å². The Bertz CT molecular complexity index is 345. The van der Waals surface area contributed by atoms with E-state index in [0.29, 0.717) is 30.4 Å². The minimum Gasteiger partial charge on any atom is -0.396 e. The second-order valence-corrected chi connectivity index (χ2v) is 3.43. The summed E-state index contributed by atoms with van der Waals surface area (Å²) in [6.07, 6.45) is 1.44. The quantitative estimate of drug-likeness (QED) is 0.753. The maximum atomic E-state index is 11.6. The third-order valence-electron chi connectivity index (χ3n) is 2.33. The molecular formula is C12H15O3. The molecule has 1 radical (unpaired) electrons. The molecular weight excluding hydrogens is 192 g/mol. The molecule has 1 aromatic carbocycles. The summed E-state index contributed by atoms with van der Waals surface area (Å²) in [4.78, 5) is 11.6. The van der Waals surface area contributed by atoms with Crippen molar-refractivity contribution in [3.8, 4) is 5.75 Å². The normalized spacial score (nSPS) is 10.3. The molecule has 15 heavy (non-hydrogen) atoms. The largest absolute Gasteiger partial charge is 0.396 e. The summed E-state index contributed by atoms with van der Waals surface area (Å²) in [7, 11) is 0. The lowest BCUT2D eigenvalue weighted by atomic mass is 10.0. The Kier molecular flexibility index (Phi) is 4.31. The first kappa shape index (κ1) is 11.7. The molecule has 0 saturated carbocycles. The van der Waals surface area contributed by atoms with Crippen molar-refractivity contribution in [2.75, 3.05) is 6.61 Å². The van der Waals surface area contributed by atoms with Crippen LogP contribution in [0.3, 0.4) is 0 Å². The number of Topliss-reactive ketones (excluding diaryl/α,β-unsaturated/α-hetero) is 1. The molecule has 0 amide bonds. The number of benzene rings is 1. The standard InChI is InChI=1S/C12H15O3/c1-2-9-8-10(5-6-12(9)15)11(14)4-3-7-13/h5-6,8,13H,2-4,7H2,1H3. The number of ketones is 1. The topological polar surface area (TPSA) is 57.2 Å². The smallest absolute Gasteiger partial charge is 0.181 e. The first-order valence-corrected chi connectivity index (χ1v) is 5.13. The minimum atomic E-state index is -0.0174. The monoisotopic (exact) mass is 207 g/mol. The Hall–Kier alpha value is -1.35. The van der Waals surface area contributed by atoms with Crippen molar-refractivity contribution in [3.05, 3.63) is 29.3 Å². The number of carbonyl (C=O) groups is 1. The Morgan fingerprint density at radius 1 is 1.40 bits per heavy atom. The van der Waals surface area contributed by atoms with Gasteiger partial charge in [0.1, 0.15) is 0 Å². The summed E-state index contributed by atoms with van der Waals surface area (Å²) in [5, 5.41) is 19.9. The molecule has 0 saturated heterocycles. The number of hydrogen-bond acceptors (Lipinski definition) is 2. The average Bonchev–Trinajstić information content (AvgIpc) is 2.26. The van der Waals surface area contributed by atoms with Crippen molar-refractivity contribution in [3.63, 3.8) is 0 Å². The Morgan fingerprint density at radius 2 is 2.13 bits per heavy atom. The van der Waals surface area contributed by atoms with Gasteiger partial charge in [0.15, 0.2) is 11.5 Å². The van der Waals surface area contributed by atoms with Crippen LogP contribution in [0.2, 0.25) is 0 Å². The summed E-state index contributed by atoms with van der Waals surface area (Å²) in [5.74, 6) is -0.0324. The van der Waals surface area contributed by atoms with Crippen LogP contribution < -0.4 is 0 Å². The van der Waals surface area contributed by atoms with Gasteiger partial charge < -0.3 is 5.11 Å². The van der Waals surface area contributed by atoms with Gasteiger partial charge >= 0.3 is 0 Å². The Morgan fingerprint density at radius 3 is 2.73 bits per heavy atom. The summed E-state index contributed by atoms with van der Waals surface area (Å²) < 4.78 is 0. The van der Waals surface area contributed by atoms with Gasteiger partial charge in [-0.1, -0.05) is 6.92 Å². The molecule has 1 rings (SSSR count). The van der Waals surface area contributed by atoms with Crippen LogP contribution >= 0.6 is 0 Å². The summed E-state index contributed by atoms with van der Waals surface area (Å²) in [5.41, 5.74) is 1.24. The maximum absolute atomic E-state index is 11.6. The molecule has 0 spiro atoms. The first-order valence-electron chi connectivity index (χ1n) is 5.13. The molecule has 0 atom stereocenters. The van der Waals surface area contributed by atoms with Crippen molar-refractivity contribution < 1.29 is 15.0 Å². The van der Waals surface area contributed by atoms with Gasteiger partial charge in [0.25, 0.3) is 0 Å². The van der Waals surface area contributed by atoms with Crippen LogP contribution in [0.5, 0.6) is 5.75 Å². The Balaban J connectivity index is 2.81. The fourth-order valence-corrected chi connectivity index (χ4v) is 1.41. The van der Waals surface area contributed by atoms with Crippen LogP contribution in [-0.2, 0) is 11.5 Å². The molecule has 0 aliphatic carbocycles. The number of hydrogen-bond donors (Lipinski definition) is 1. The van der Waals surface area contributed by atoms with Gasteiger partial charge in [0.05, 0.1) is 0 Å². The second kappa shape index (κ2) is 5.51. The van der Waals surface area contributed by atoms with Crippen molar-refractivity contribution >= 4 is 5.78 Å². The number of aryl methyl sites for hydroxylation is 1. The zero-order valence-corrected chi connectivity index (χ0v) is 8.82. The highest BCUT2D eigenvalue weighted by Crippen LogP contribution is 2.20. The van der Waals surface area contributed by atoms with Crippen LogP contribution in [0, 0.1) is 0 Å². The van der Waals surface area contributed by atoms with E-state index in [0.717, 1.165) is 0 Å². The molecule has 0 aromatic heterocycles. The number of aliphatic hydroxyl groups excluding tert-OH is 1. The zero-order chi connectivity index (χ0) is 11.3. The lowest BCUT2D eigenvalue weighted by Crippen LogP contribution is -2.01. The third kappa shape index (κ3) is 3.06. The maximum Gasteiger partial charge on any atom is 0.181 e. The summed E-state index contributed by atoms with van der Waals surface area (Å²) in [6.45, 7) is 1.91. The molecule has 3 heteroatoms. The fourth-order valence-electron chi connectivity index (χ4n) is 1.41. The van der Waals surface area contributed by atoms with Crippen LogP contribution in [0.15, 0.2) is 18.2 Å². The van der Waals surface area contributed by atoms with Crippen molar-refractivity contribution in [1.29, 1.82) is 0 Å². The lowest BCUT2D eigenvalue weighted by molar-refractivity contribution is 0.0971. The molecule has 3 nitrogen and oxygen atoms in total. The highest BCUT2D eigenvalue weighted by molar-refractivity contribution is 5.96. The Labute approximate surface area is 89.4 Å². The van der Waals surface area contributed by atoms with Crippen molar-refractivity contribution in [2.24, 2.45) is 0 Å². The summed E-state index contributed by atoms with van der Waals surface area (Å²) in [6, 6.07) is 4.65. The lowest BCUT2D eigenvalue weighted by Gasteiger charge is -2.03. The van der Waals surface area contributed by atoms with E-state index in [-0.39, 0.29) is 18.1 Å². The molecule has 0 bridgehead atoms. The van der Waals surface area contributed by atoms with Gasteiger partial charge in [0.2, 0.25) is 0 Å². The van der Waals surface area contributed by atoms with Crippen LogP contribution in [0.4, 0.5) is 0 Å². The van der Waals surface area contributed by atoms with E-state index < -0.39 is 0 Å². The van der Waals surface area contributed by atoms with Crippen LogP contribution in [0.25, 0.3) is 0 Å². The molecule has 0 aliphatic rings. The third-order valence-corrected chi connectivity index (χ3v) is 2.33. The van der Waals surface area contributed by atoms with E-state index in [2.05, 4.69) is 0 Å². The highest BCUT2D eigenvalue weighted by Gasteiger charge is 2.08. The van der Waals surface area contributed by atoms with Crippen LogP contribution in [-0.4, -0.2) is 17.5 Å². The number of carbonyl (C=O) groups excluding carboxylic acids is 1. The molecule has 0 unspecified atom stereocenters. The predicted octanol–water partition coefficient (Wildman–Crippen LogP) is 2.35. The van der Waals surface area contributed by atoms with Crippen LogP contribution in [0.1, 0.15) is 35.7 Å². The fraction of sp³-hybridized carbons (Fsp3) is 0.417. The minimum absolute atomic E-state index is 0.0150. The molecule has 81 valence electrons. The molecule has 0 heterocycles. The van der Waals surface area contributed by atoms with Gasteiger partial charge in [-0.3, -0.25) is 9.90 Å². The van der Waals surface area contributed by atoms with Gasteiger partial charge in [-0.25, -0.2) is 0 Å². The molecule has 1 N–H and O–H groups in total. The van der Waals surface area contributed by atoms with E-state index in [1.54, 1.807) is 12.1 Å². The molecule has 0 fully saturated rings. The van der Waals surface area contributed by atoms with E-state index in [1.165, 1.54) is 6.07 Å². The van der Waals surface area contributed by atoms with Gasteiger partial charge in [0, 0.05) is 18.6 Å². The number of rotatable bonds is 5. The SMILES string of the molecule is CCc1cc(C(=O)CCCO)ccc1[O]. The molecule has 0 aliphatic heterocycles. The van der Waals surface area contributed by atoms with E-state index in [9.17, 15) is 9.90 Å².